The van der Waals surface area contributed by atoms with Gasteiger partial charge in [0.2, 0.25) is 0 Å². The molecule has 1 saturated heterocycles. The van der Waals surface area contributed by atoms with E-state index >= 15 is 0 Å². The van der Waals surface area contributed by atoms with Gasteiger partial charge in [0.15, 0.2) is 6.29 Å². The summed E-state index contributed by atoms with van der Waals surface area (Å²) in [6, 6.07) is 0. The third-order valence-electron chi connectivity index (χ3n) is 7.24. The molecular formula is C36H70O14. The van der Waals surface area contributed by atoms with E-state index in [0.717, 1.165) is 38.7 Å². The van der Waals surface area contributed by atoms with Crippen molar-refractivity contribution in [3.63, 3.8) is 0 Å². The maximum absolute atomic E-state index is 11.7. The average molecular weight is 727 g/mol. The summed E-state index contributed by atoms with van der Waals surface area (Å²) in [5.74, 6) is -0.143. The highest BCUT2D eigenvalue weighted by Crippen LogP contribution is 2.13. The fourth-order valence-electron chi connectivity index (χ4n) is 4.50. The first-order valence-corrected chi connectivity index (χ1v) is 19.0. The van der Waals surface area contributed by atoms with E-state index in [1.165, 1.54) is 25.7 Å². The normalized spacial score (nSPS) is 14.8. The van der Waals surface area contributed by atoms with E-state index in [1.54, 1.807) is 0 Å². The van der Waals surface area contributed by atoms with Crippen LogP contribution in [0.5, 0.6) is 0 Å². The van der Waals surface area contributed by atoms with Crippen molar-refractivity contribution in [2.45, 2.75) is 77.4 Å². The number of hydrogen-bond donors (Lipinski definition) is 0. The molecule has 0 bridgehead atoms. The summed E-state index contributed by atoms with van der Waals surface area (Å²) in [5.41, 5.74) is 0. The molecule has 0 spiro atoms. The Morgan fingerprint density at radius 1 is 0.460 bits per heavy atom. The minimum Gasteiger partial charge on any atom is -0.463 e. The van der Waals surface area contributed by atoms with Crippen molar-refractivity contribution in [1.82, 2.24) is 0 Å². The van der Waals surface area contributed by atoms with Crippen LogP contribution in [-0.2, 0) is 66.4 Å². The predicted octanol–water partition coefficient (Wildman–Crippen LogP) is 3.99. The van der Waals surface area contributed by atoms with Gasteiger partial charge >= 0.3 is 5.97 Å². The van der Waals surface area contributed by atoms with Gasteiger partial charge in [-0.1, -0.05) is 39.0 Å². The summed E-state index contributed by atoms with van der Waals surface area (Å²) >= 11 is 0. The predicted molar refractivity (Wildman–Crippen MR) is 187 cm³/mol. The Bertz CT molecular complexity index is 669. The van der Waals surface area contributed by atoms with Gasteiger partial charge in [0.25, 0.3) is 0 Å². The lowest BCUT2D eigenvalue weighted by Crippen LogP contribution is -2.24. The van der Waals surface area contributed by atoms with Crippen LogP contribution in [0.1, 0.15) is 71.1 Å². The van der Waals surface area contributed by atoms with Gasteiger partial charge in [-0.25, -0.2) is 0 Å². The first-order chi connectivity index (χ1) is 24.8. The van der Waals surface area contributed by atoms with Gasteiger partial charge in [0, 0.05) is 13.0 Å². The topological polar surface area (TPSA) is 137 Å². The second kappa shape index (κ2) is 40.8. The Kier molecular flexibility index (Phi) is 38.3. The third-order valence-corrected chi connectivity index (χ3v) is 7.24. The molecule has 1 atom stereocenters. The van der Waals surface area contributed by atoms with Crippen LogP contribution < -0.4 is 0 Å². The lowest BCUT2D eigenvalue weighted by molar-refractivity contribution is -0.169. The zero-order valence-corrected chi connectivity index (χ0v) is 31.1. The Morgan fingerprint density at radius 2 is 0.820 bits per heavy atom. The molecule has 0 aromatic rings. The summed E-state index contributed by atoms with van der Waals surface area (Å²) in [7, 11) is 0. The molecule has 1 unspecified atom stereocenters. The molecule has 298 valence electrons. The van der Waals surface area contributed by atoms with Crippen LogP contribution in [0.25, 0.3) is 0 Å². The van der Waals surface area contributed by atoms with E-state index in [2.05, 4.69) is 6.92 Å². The van der Waals surface area contributed by atoms with Crippen molar-refractivity contribution in [3.8, 4) is 0 Å². The molecule has 0 aromatic carbocycles. The van der Waals surface area contributed by atoms with Gasteiger partial charge < -0.3 is 61.6 Å². The maximum atomic E-state index is 11.7. The smallest absolute Gasteiger partial charge is 0.305 e. The molecule has 0 radical (unpaired) electrons. The van der Waals surface area contributed by atoms with Crippen LogP contribution in [0, 0.1) is 0 Å². The van der Waals surface area contributed by atoms with Crippen LogP contribution in [0.2, 0.25) is 0 Å². The number of ether oxygens (including phenoxy) is 13. The highest BCUT2D eigenvalue weighted by atomic mass is 16.7. The van der Waals surface area contributed by atoms with Crippen molar-refractivity contribution in [2.24, 2.45) is 0 Å². The number of unbranched alkanes of at least 4 members (excludes halogenated alkanes) is 5. The van der Waals surface area contributed by atoms with Gasteiger partial charge in [-0.05, 0) is 25.7 Å². The number of esters is 1. The molecule has 0 N–H and O–H groups in total. The molecule has 0 aliphatic carbocycles. The molecular weight excluding hydrogens is 656 g/mol. The quantitative estimate of drug-likeness (QED) is 0.0663. The van der Waals surface area contributed by atoms with E-state index in [-0.39, 0.29) is 18.9 Å². The fraction of sp³-hybridized carbons (Fsp3) is 0.972. The van der Waals surface area contributed by atoms with E-state index < -0.39 is 0 Å². The first-order valence-electron chi connectivity index (χ1n) is 19.0. The fourth-order valence-corrected chi connectivity index (χ4v) is 4.50. The molecule has 14 nitrogen and oxygen atoms in total. The molecule has 14 heteroatoms. The van der Waals surface area contributed by atoms with Crippen LogP contribution in [0.4, 0.5) is 0 Å². The monoisotopic (exact) mass is 726 g/mol. The standard InChI is InChI=1S/C36H70O14/c1-2-3-4-5-6-7-10-35(37)48-33-31-46-29-27-44-25-23-42-21-19-40-17-15-38-13-14-39-16-18-41-20-22-43-24-26-45-28-30-47-32-34-50-36-11-8-9-12-49-36/h36H,2-34H2,1H3. The lowest BCUT2D eigenvalue weighted by Gasteiger charge is -2.22. The highest BCUT2D eigenvalue weighted by Gasteiger charge is 2.13. The molecule has 1 rings (SSSR count). The minimum atomic E-state index is -0.143. The highest BCUT2D eigenvalue weighted by molar-refractivity contribution is 5.69. The van der Waals surface area contributed by atoms with Crippen molar-refractivity contribution < 1.29 is 66.4 Å². The minimum absolute atomic E-state index is 0.0683. The van der Waals surface area contributed by atoms with Gasteiger partial charge in [-0.15, -0.1) is 0 Å². The van der Waals surface area contributed by atoms with Crippen molar-refractivity contribution in [3.05, 3.63) is 0 Å². The molecule has 1 aliphatic rings. The number of hydrogen-bond acceptors (Lipinski definition) is 14. The summed E-state index contributed by atoms with van der Waals surface area (Å²) in [6.45, 7) is 13.8. The summed E-state index contributed by atoms with van der Waals surface area (Å²) in [5, 5.41) is 0. The zero-order chi connectivity index (χ0) is 35.7. The summed E-state index contributed by atoms with van der Waals surface area (Å²) in [4.78, 5) is 11.7. The van der Waals surface area contributed by atoms with Gasteiger partial charge in [0.1, 0.15) is 6.61 Å². The van der Waals surface area contributed by atoms with Crippen LogP contribution in [-0.4, -0.2) is 164 Å². The van der Waals surface area contributed by atoms with Crippen molar-refractivity contribution >= 4 is 5.97 Å². The molecule has 1 aliphatic heterocycles. The van der Waals surface area contributed by atoms with Gasteiger partial charge in [-0.3, -0.25) is 4.79 Å². The average Bonchev–Trinajstić information content (AvgIpc) is 3.13. The molecule has 0 amide bonds. The van der Waals surface area contributed by atoms with E-state index in [0.29, 0.717) is 145 Å². The largest absolute Gasteiger partial charge is 0.463 e. The molecule has 50 heavy (non-hydrogen) atoms. The number of carbonyl (C=O) groups is 1. The van der Waals surface area contributed by atoms with Crippen molar-refractivity contribution in [1.29, 1.82) is 0 Å². The lowest BCUT2D eigenvalue weighted by atomic mass is 10.1. The van der Waals surface area contributed by atoms with Crippen LogP contribution in [0.15, 0.2) is 0 Å². The zero-order valence-electron chi connectivity index (χ0n) is 31.1. The summed E-state index contributed by atoms with van der Waals surface area (Å²) in [6.07, 6.45) is 10.6. The molecule has 0 aromatic heterocycles. The number of rotatable bonds is 41. The van der Waals surface area contributed by atoms with Crippen LogP contribution >= 0.6 is 0 Å². The number of carbonyl (C=O) groups excluding carboxylic acids is 1. The molecule has 1 heterocycles. The molecule has 1 fully saturated rings. The second-order valence-electron chi connectivity index (χ2n) is 11.5. The summed E-state index contributed by atoms with van der Waals surface area (Å²) < 4.78 is 71.1. The Morgan fingerprint density at radius 3 is 1.20 bits per heavy atom. The Labute approximate surface area is 301 Å². The Balaban J connectivity index is 1.62. The second-order valence-corrected chi connectivity index (χ2v) is 11.5. The SMILES string of the molecule is CCCCCCCCC(=O)OCCOCCOCCOCCOCCOCCOCCOCCOCCOCCOCCOC1CCCCO1. The van der Waals surface area contributed by atoms with Gasteiger partial charge in [-0.2, -0.15) is 0 Å². The van der Waals surface area contributed by atoms with E-state index in [4.69, 9.17) is 61.6 Å². The van der Waals surface area contributed by atoms with E-state index in [9.17, 15) is 4.79 Å². The van der Waals surface area contributed by atoms with Crippen LogP contribution in [0.3, 0.4) is 0 Å². The molecule has 0 saturated carbocycles. The van der Waals surface area contributed by atoms with E-state index in [1.807, 2.05) is 0 Å². The third kappa shape index (κ3) is 36.8. The maximum Gasteiger partial charge on any atom is 0.305 e. The first kappa shape index (κ1) is 47.0. The van der Waals surface area contributed by atoms with Crippen molar-refractivity contribution in [2.75, 3.05) is 152 Å². The Hall–Kier alpha value is -1.01. The van der Waals surface area contributed by atoms with Gasteiger partial charge in [0.05, 0.1) is 139 Å².